The van der Waals surface area contributed by atoms with Crippen molar-refractivity contribution in [1.82, 2.24) is 10.2 Å². The fourth-order valence-corrected chi connectivity index (χ4v) is 3.15. The van der Waals surface area contributed by atoms with Crippen LogP contribution in [0, 0.1) is 12.8 Å². The summed E-state index contributed by atoms with van der Waals surface area (Å²) in [6.45, 7) is 7.10. The standard InChI is InChI=1S/C17H26N2/c1-14-4-2-3-5-16(14)13-19(12-15-6-7-15)17-8-10-18-11-9-17/h2-5,15,17-18H,6-13H2,1H3. The Labute approximate surface area is 117 Å². The lowest BCUT2D eigenvalue weighted by molar-refractivity contribution is 0.147. The summed E-state index contributed by atoms with van der Waals surface area (Å²) >= 11 is 0. The van der Waals surface area contributed by atoms with E-state index in [4.69, 9.17) is 0 Å². The summed E-state index contributed by atoms with van der Waals surface area (Å²) in [5.41, 5.74) is 2.96. The summed E-state index contributed by atoms with van der Waals surface area (Å²) in [6.07, 6.45) is 5.54. The van der Waals surface area contributed by atoms with E-state index < -0.39 is 0 Å². The van der Waals surface area contributed by atoms with Crippen LogP contribution in [0.15, 0.2) is 24.3 Å². The molecule has 0 unspecified atom stereocenters. The second-order valence-electron chi connectivity index (χ2n) is 6.28. The molecule has 0 bridgehead atoms. The van der Waals surface area contributed by atoms with E-state index in [0.717, 1.165) is 18.5 Å². The fraction of sp³-hybridized carbons (Fsp3) is 0.647. The van der Waals surface area contributed by atoms with Crippen molar-refractivity contribution in [3.8, 4) is 0 Å². The molecule has 104 valence electrons. The van der Waals surface area contributed by atoms with Gasteiger partial charge in [-0.1, -0.05) is 24.3 Å². The van der Waals surface area contributed by atoms with Crippen LogP contribution < -0.4 is 5.32 Å². The first kappa shape index (κ1) is 13.1. The predicted octanol–water partition coefficient (Wildman–Crippen LogP) is 2.96. The van der Waals surface area contributed by atoms with E-state index in [2.05, 4.69) is 41.4 Å². The summed E-state index contributed by atoms with van der Waals surface area (Å²) in [7, 11) is 0. The third-order valence-corrected chi connectivity index (χ3v) is 4.65. The first-order valence-electron chi connectivity index (χ1n) is 7.82. The van der Waals surface area contributed by atoms with E-state index in [-0.39, 0.29) is 0 Å². The summed E-state index contributed by atoms with van der Waals surface area (Å²) in [4.78, 5) is 2.76. The molecule has 0 aromatic heterocycles. The third kappa shape index (κ3) is 3.58. The lowest BCUT2D eigenvalue weighted by atomic mass is 10.0. The van der Waals surface area contributed by atoms with Gasteiger partial charge in [-0.05, 0) is 62.7 Å². The normalized spacial score (nSPS) is 20.9. The molecule has 1 aromatic rings. The van der Waals surface area contributed by atoms with Gasteiger partial charge in [0.25, 0.3) is 0 Å². The molecule has 2 aliphatic rings. The van der Waals surface area contributed by atoms with E-state index in [1.807, 2.05) is 0 Å². The molecule has 0 atom stereocenters. The van der Waals surface area contributed by atoms with Crippen LogP contribution in [0.25, 0.3) is 0 Å². The molecule has 0 radical (unpaired) electrons. The van der Waals surface area contributed by atoms with E-state index in [0.29, 0.717) is 0 Å². The van der Waals surface area contributed by atoms with E-state index in [1.54, 1.807) is 0 Å². The highest BCUT2D eigenvalue weighted by Crippen LogP contribution is 2.32. The maximum absolute atomic E-state index is 3.49. The van der Waals surface area contributed by atoms with Crippen LogP contribution in [-0.2, 0) is 6.54 Å². The molecular weight excluding hydrogens is 232 g/mol. The highest BCUT2D eigenvalue weighted by molar-refractivity contribution is 5.25. The Bertz CT molecular complexity index is 405. The van der Waals surface area contributed by atoms with Gasteiger partial charge >= 0.3 is 0 Å². The van der Waals surface area contributed by atoms with Gasteiger partial charge in [0.05, 0.1) is 0 Å². The van der Waals surface area contributed by atoms with Crippen molar-refractivity contribution >= 4 is 0 Å². The van der Waals surface area contributed by atoms with Crippen molar-refractivity contribution in [2.75, 3.05) is 19.6 Å². The highest BCUT2D eigenvalue weighted by Gasteiger charge is 2.29. The topological polar surface area (TPSA) is 15.3 Å². The number of rotatable bonds is 5. The minimum Gasteiger partial charge on any atom is -0.317 e. The van der Waals surface area contributed by atoms with Gasteiger partial charge < -0.3 is 5.32 Å². The average molecular weight is 258 g/mol. The molecular formula is C17H26N2. The number of benzene rings is 1. The van der Waals surface area contributed by atoms with Gasteiger partial charge in [-0.15, -0.1) is 0 Å². The zero-order valence-electron chi connectivity index (χ0n) is 12.1. The Morgan fingerprint density at radius 1 is 1.11 bits per heavy atom. The van der Waals surface area contributed by atoms with Crippen molar-refractivity contribution in [2.24, 2.45) is 5.92 Å². The highest BCUT2D eigenvalue weighted by atomic mass is 15.2. The van der Waals surface area contributed by atoms with Crippen LogP contribution in [-0.4, -0.2) is 30.6 Å². The van der Waals surface area contributed by atoms with E-state index >= 15 is 0 Å². The first-order chi connectivity index (χ1) is 9.33. The van der Waals surface area contributed by atoms with Crippen molar-refractivity contribution in [1.29, 1.82) is 0 Å². The number of piperidine rings is 1. The van der Waals surface area contributed by atoms with E-state index in [9.17, 15) is 0 Å². The monoisotopic (exact) mass is 258 g/mol. The average Bonchev–Trinajstić information content (AvgIpc) is 3.25. The summed E-state index contributed by atoms with van der Waals surface area (Å²) in [6, 6.07) is 9.67. The minimum absolute atomic E-state index is 0.793. The first-order valence-corrected chi connectivity index (χ1v) is 7.82. The molecule has 0 amide bonds. The predicted molar refractivity (Wildman–Crippen MR) is 80.2 cm³/mol. The molecule has 3 rings (SSSR count). The Hall–Kier alpha value is -0.860. The van der Waals surface area contributed by atoms with E-state index in [1.165, 1.54) is 56.4 Å². The number of nitrogens with zero attached hydrogens (tertiary/aromatic N) is 1. The number of aryl methyl sites for hydroxylation is 1. The molecule has 0 spiro atoms. The Kier molecular flexibility index (Phi) is 4.19. The molecule has 1 aromatic carbocycles. The molecule has 1 saturated carbocycles. The lowest BCUT2D eigenvalue weighted by Crippen LogP contribution is -2.43. The van der Waals surface area contributed by atoms with Gasteiger partial charge in [0.1, 0.15) is 0 Å². The van der Waals surface area contributed by atoms with Gasteiger partial charge in [-0.3, -0.25) is 4.90 Å². The second kappa shape index (κ2) is 6.06. The van der Waals surface area contributed by atoms with Crippen LogP contribution in [0.1, 0.15) is 36.8 Å². The zero-order chi connectivity index (χ0) is 13.1. The molecule has 1 heterocycles. The van der Waals surface area contributed by atoms with Gasteiger partial charge in [0, 0.05) is 19.1 Å². The molecule has 1 saturated heterocycles. The molecule has 2 fully saturated rings. The zero-order valence-corrected chi connectivity index (χ0v) is 12.1. The van der Waals surface area contributed by atoms with Gasteiger partial charge in [-0.2, -0.15) is 0 Å². The van der Waals surface area contributed by atoms with Crippen LogP contribution in [0.2, 0.25) is 0 Å². The molecule has 1 N–H and O–H groups in total. The maximum Gasteiger partial charge on any atom is 0.0239 e. The molecule has 2 heteroatoms. The second-order valence-corrected chi connectivity index (χ2v) is 6.28. The van der Waals surface area contributed by atoms with Crippen molar-refractivity contribution in [2.45, 2.75) is 45.2 Å². The quantitative estimate of drug-likeness (QED) is 0.873. The fourth-order valence-electron chi connectivity index (χ4n) is 3.15. The molecule has 19 heavy (non-hydrogen) atoms. The van der Waals surface area contributed by atoms with Gasteiger partial charge in [0.15, 0.2) is 0 Å². The smallest absolute Gasteiger partial charge is 0.0239 e. The van der Waals surface area contributed by atoms with Gasteiger partial charge in [-0.25, -0.2) is 0 Å². The number of nitrogens with one attached hydrogen (secondary N) is 1. The molecule has 1 aliphatic carbocycles. The summed E-state index contributed by atoms with van der Waals surface area (Å²) in [5.74, 6) is 0.985. The Balaban J connectivity index is 1.69. The van der Waals surface area contributed by atoms with Crippen LogP contribution in [0.5, 0.6) is 0 Å². The largest absolute Gasteiger partial charge is 0.317 e. The van der Waals surface area contributed by atoms with Crippen LogP contribution in [0.4, 0.5) is 0 Å². The SMILES string of the molecule is Cc1ccccc1CN(CC1CC1)C1CCNCC1. The van der Waals surface area contributed by atoms with Crippen molar-refractivity contribution < 1.29 is 0 Å². The van der Waals surface area contributed by atoms with Crippen LogP contribution >= 0.6 is 0 Å². The van der Waals surface area contributed by atoms with Crippen LogP contribution in [0.3, 0.4) is 0 Å². The molecule has 2 nitrogen and oxygen atoms in total. The van der Waals surface area contributed by atoms with Gasteiger partial charge in [0.2, 0.25) is 0 Å². The maximum atomic E-state index is 3.49. The Morgan fingerprint density at radius 2 is 1.84 bits per heavy atom. The van der Waals surface area contributed by atoms with Crippen molar-refractivity contribution in [3.63, 3.8) is 0 Å². The summed E-state index contributed by atoms with van der Waals surface area (Å²) < 4.78 is 0. The number of hydrogen-bond donors (Lipinski definition) is 1. The Morgan fingerprint density at radius 3 is 2.53 bits per heavy atom. The molecule has 1 aliphatic heterocycles. The minimum atomic E-state index is 0.793. The third-order valence-electron chi connectivity index (χ3n) is 4.65. The van der Waals surface area contributed by atoms with Crippen molar-refractivity contribution in [3.05, 3.63) is 35.4 Å². The lowest BCUT2D eigenvalue weighted by Gasteiger charge is -2.35. The summed E-state index contributed by atoms with van der Waals surface area (Å²) in [5, 5.41) is 3.49. The number of hydrogen-bond acceptors (Lipinski definition) is 2.